The van der Waals surface area contributed by atoms with E-state index in [4.69, 9.17) is 0 Å². The molecule has 0 aliphatic rings. The van der Waals surface area contributed by atoms with Crippen LogP contribution in [0.1, 0.15) is 5.56 Å². The van der Waals surface area contributed by atoms with E-state index in [9.17, 15) is 13.2 Å². The number of para-hydroxylation sites is 1. The summed E-state index contributed by atoms with van der Waals surface area (Å²) in [5, 5.41) is 5.21. The molecule has 0 atom stereocenters. The first-order valence-electron chi connectivity index (χ1n) is 7.25. The highest BCUT2D eigenvalue weighted by Gasteiger charge is 2.35. The summed E-state index contributed by atoms with van der Waals surface area (Å²) in [6.07, 6.45) is -4.47. The second kappa shape index (κ2) is 6.12. The lowest BCUT2D eigenvalue weighted by molar-refractivity contribution is -0.136. The van der Waals surface area contributed by atoms with E-state index in [-0.39, 0.29) is 16.0 Å². The predicted molar refractivity (Wildman–Crippen MR) is 95.5 cm³/mol. The lowest BCUT2D eigenvalue weighted by atomic mass is 10.2. The topological polar surface area (TPSA) is 37.8 Å². The van der Waals surface area contributed by atoms with Gasteiger partial charge >= 0.3 is 6.18 Å². The number of benzene rings is 1. The van der Waals surface area contributed by atoms with Crippen molar-refractivity contribution in [2.45, 2.75) is 6.18 Å². The number of thiazole rings is 1. The highest BCUT2D eigenvalue weighted by molar-refractivity contribution is 7.22. The molecule has 1 N–H and O–H groups in total. The number of nitrogens with zero attached hydrogens (tertiary/aromatic N) is 2. The number of hydrogen-bond donors (Lipinski definition) is 1. The lowest BCUT2D eigenvalue weighted by Gasteiger charge is -2.08. The van der Waals surface area contributed by atoms with E-state index in [1.54, 1.807) is 17.5 Å². The molecule has 0 aliphatic carbocycles. The van der Waals surface area contributed by atoms with Crippen molar-refractivity contribution in [2.24, 2.45) is 0 Å². The first-order valence-corrected chi connectivity index (χ1v) is 8.95. The van der Waals surface area contributed by atoms with E-state index in [2.05, 4.69) is 15.3 Å². The quantitative estimate of drug-likeness (QED) is 0.463. The molecule has 1 aromatic carbocycles. The highest BCUT2D eigenvalue weighted by Crippen LogP contribution is 2.41. The number of fused-ring (bicyclic) bond motifs is 1. The molecule has 0 unspecified atom stereocenters. The van der Waals surface area contributed by atoms with Crippen molar-refractivity contribution in [1.82, 2.24) is 9.97 Å². The molecule has 8 heteroatoms. The molecule has 0 bridgehead atoms. The molecule has 0 spiro atoms. The Morgan fingerprint density at radius 2 is 1.76 bits per heavy atom. The Balaban J connectivity index is 1.85. The summed E-state index contributed by atoms with van der Waals surface area (Å²) >= 11 is 2.29. The molecule has 0 radical (unpaired) electrons. The summed E-state index contributed by atoms with van der Waals surface area (Å²) in [5.74, 6) is 0. The van der Waals surface area contributed by atoms with Crippen LogP contribution >= 0.6 is 22.7 Å². The van der Waals surface area contributed by atoms with Crippen LogP contribution in [0.2, 0.25) is 0 Å². The summed E-state index contributed by atoms with van der Waals surface area (Å²) < 4.78 is 40.6. The zero-order chi connectivity index (χ0) is 17.4. The fourth-order valence-electron chi connectivity index (χ4n) is 2.37. The summed E-state index contributed by atoms with van der Waals surface area (Å²) in [6.45, 7) is 0. The van der Waals surface area contributed by atoms with Crippen LogP contribution in [0.25, 0.3) is 20.9 Å². The number of halogens is 3. The fraction of sp³-hybridized carbons (Fsp3) is 0.0588. The van der Waals surface area contributed by atoms with E-state index in [0.717, 1.165) is 23.1 Å². The number of hydrogen-bond acceptors (Lipinski definition) is 5. The van der Waals surface area contributed by atoms with Gasteiger partial charge in [0.15, 0.2) is 10.8 Å². The third-order valence-corrected chi connectivity index (χ3v) is 5.35. The maximum atomic E-state index is 13.5. The average Bonchev–Trinajstić information content (AvgIpc) is 3.23. The molecule has 0 fully saturated rings. The number of alkyl halides is 3. The number of anilines is 2. The lowest BCUT2D eigenvalue weighted by Crippen LogP contribution is -2.06. The minimum Gasteiger partial charge on any atom is -0.331 e. The monoisotopic (exact) mass is 377 g/mol. The van der Waals surface area contributed by atoms with Crippen molar-refractivity contribution in [3.8, 4) is 10.6 Å². The van der Waals surface area contributed by atoms with Crippen LogP contribution in [0.4, 0.5) is 24.0 Å². The second-order valence-electron chi connectivity index (χ2n) is 5.19. The fourth-order valence-corrected chi connectivity index (χ4v) is 4.02. The maximum absolute atomic E-state index is 13.5. The van der Waals surface area contributed by atoms with Gasteiger partial charge in [0.1, 0.15) is 0 Å². The standard InChI is InChI=1S/C17H10F3N3S2/c18-17(19,20)11-9-12(13-7-4-8-24-13)22-15-14(11)25-16(23-15)21-10-5-2-1-3-6-10/h1-9H,(H,21,22,23). The van der Waals surface area contributed by atoms with Crippen molar-refractivity contribution in [1.29, 1.82) is 0 Å². The van der Waals surface area contributed by atoms with Gasteiger partial charge in [0, 0.05) is 5.69 Å². The van der Waals surface area contributed by atoms with Gasteiger partial charge in [0.25, 0.3) is 0 Å². The number of nitrogens with one attached hydrogen (secondary N) is 1. The maximum Gasteiger partial charge on any atom is 0.417 e. The molecule has 4 rings (SSSR count). The van der Waals surface area contributed by atoms with E-state index in [1.165, 1.54) is 11.3 Å². The molecule has 0 saturated carbocycles. The number of pyridine rings is 1. The van der Waals surface area contributed by atoms with Gasteiger partial charge in [-0.1, -0.05) is 35.6 Å². The van der Waals surface area contributed by atoms with E-state index >= 15 is 0 Å². The molecular formula is C17H10F3N3S2. The summed E-state index contributed by atoms with van der Waals surface area (Å²) in [5.41, 5.74) is 0.432. The Morgan fingerprint density at radius 1 is 0.960 bits per heavy atom. The number of thiophene rings is 1. The zero-order valence-electron chi connectivity index (χ0n) is 12.5. The summed E-state index contributed by atoms with van der Waals surface area (Å²) in [7, 11) is 0. The molecule has 0 saturated heterocycles. The Labute approximate surface area is 148 Å². The van der Waals surface area contributed by atoms with Gasteiger partial charge in [-0.05, 0) is 29.6 Å². The van der Waals surface area contributed by atoms with Gasteiger partial charge in [0.2, 0.25) is 0 Å². The molecular weight excluding hydrogens is 367 g/mol. The first-order chi connectivity index (χ1) is 12.0. The molecule has 3 aromatic heterocycles. The Hall–Kier alpha value is -2.45. The number of rotatable bonds is 3. The van der Waals surface area contributed by atoms with Gasteiger partial charge in [-0.25, -0.2) is 4.98 Å². The predicted octanol–water partition coefficient (Wildman–Crippen LogP) is 6.18. The molecule has 3 heterocycles. The third-order valence-electron chi connectivity index (χ3n) is 3.47. The van der Waals surface area contributed by atoms with Crippen LogP contribution in [-0.4, -0.2) is 9.97 Å². The van der Waals surface area contributed by atoms with Crippen molar-refractivity contribution in [3.05, 3.63) is 59.5 Å². The summed E-state index contributed by atoms with van der Waals surface area (Å²) in [6, 6.07) is 13.8. The Morgan fingerprint density at radius 3 is 2.44 bits per heavy atom. The van der Waals surface area contributed by atoms with Crippen LogP contribution in [0.3, 0.4) is 0 Å². The molecule has 0 amide bonds. The van der Waals surface area contributed by atoms with Crippen molar-refractivity contribution in [2.75, 3.05) is 5.32 Å². The Kier molecular flexibility index (Phi) is 3.93. The van der Waals surface area contributed by atoms with Crippen LogP contribution in [0.15, 0.2) is 53.9 Å². The second-order valence-corrected chi connectivity index (χ2v) is 7.14. The van der Waals surface area contributed by atoms with Crippen LogP contribution < -0.4 is 5.32 Å². The van der Waals surface area contributed by atoms with Gasteiger partial charge in [0.05, 0.1) is 20.8 Å². The largest absolute Gasteiger partial charge is 0.417 e. The third kappa shape index (κ3) is 3.22. The smallest absolute Gasteiger partial charge is 0.331 e. The molecule has 25 heavy (non-hydrogen) atoms. The van der Waals surface area contributed by atoms with Crippen molar-refractivity contribution in [3.63, 3.8) is 0 Å². The molecule has 4 aromatic rings. The molecule has 0 aliphatic heterocycles. The van der Waals surface area contributed by atoms with Gasteiger partial charge in [-0.3, -0.25) is 0 Å². The molecule has 126 valence electrons. The van der Waals surface area contributed by atoms with Gasteiger partial charge in [-0.2, -0.15) is 18.2 Å². The van der Waals surface area contributed by atoms with Crippen LogP contribution in [0, 0.1) is 0 Å². The van der Waals surface area contributed by atoms with Crippen molar-refractivity contribution >= 4 is 43.8 Å². The Bertz CT molecular complexity index is 1010. The van der Waals surface area contributed by atoms with E-state index < -0.39 is 11.7 Å². The van der Waals surface area contributed by atoms with Crippen molar-refractivity contribution < 1.29 is 13.2 Å². The normalized spacial score (nSPS) is 11.8. The van der Waals surface area contributed by atoms with Gasteiger partial charge < -0.3 is 5.32 Å². The van der Waals surface area contributed by atoms with Crippen LogP contribution in [0.5, 0.6) is 0 Å². The summed E-state index contributed by atoms with van der Waals surface area (Å²) in [4.78, 5) is 9.26. The highest BCUT2D eigenvalue weighted by atomic mass is 32.1. The van der Waals surface area contributed by atoms with Crippen LogP contribution in [-0.2, 0) is 6.18 Å². The minimum atomic E-state index is -4.47. The SMILES string of the molecule is FC(F)(F)c1cc(-c2cccs2)nc2nc(Nc3ccccc3)sc12. The van der Waals surface area contributed by atoms with E-state index in [0.29, 0.717) is 10.0 Å². The average molecular weight is 377 g/mol. The minimum absolute atomic E-state index is 0.0336. The molecule has 3 nitrogen and oxygen atoms in total. The first kappa shape index (κ1) is 16.0. The van der Waals surface area contributed by atoms with Gasteiger partial charge in [-0.15, -0.1) is 11.3 Å². The number of aromatic nitrogens is 2. The van der Waals surface area contributed by atoms with E-state index in [1.807, 2.05) is 30.3 Å². The zero-order valence-corrected chi connectivity index (χ0v) is 14.2.